The Bertz CT molecular complexity index is 347. The van der Waals surface area contributed by atoms with Crippen molar-refractivity contribution < 1.29 is 4.42 Å². The summed E-state index contributed by atoms with van der Waals surface area (Å²) in [6.45, 7) is 2.14. The molecule has 0 spiro atoms. The van der Waals surface area contributed by atoms with Crippen LogP contribution >= 0.6 is 0 Å². The summed E-state index contributed by atoms with van der Waals surface area (Å²) < 4.78 is 5.69. The molecule has 0 amide bonds. The topological polar surface area (TPSA) is 38.1 Å². The van der Waals surface area contributed by atoms with E-state index >= 15 is 0 Å². The number of hydrogen-bond donors (Lipinski definition) is 1. The lowest BCUT2D eigenvalue weighted by Crippen LogP contribution is -2.08. The van der Waals surface area contributed by atoms with Gasteiger partial charge in [-0.05, 0) is 25.8 Å². The molecule has 3 nitrogen and oxygen atoms in total. The first-order chi connectivity index (χ1) is 8.43. The zero-order chi connectivity index (χ0) is 11.5. The van der Waals surface area contributed by atoms with Crippen LogP contribution in [0.2, 0.25) is 0 Å². The van der Waals surface area contributed by atoms with E-state index in [9.17, 15) is 0 Å². The van der Waals surface area contributed by atoms with E-state index in [1.54, 1.807) is 0 Å². The highest BCUT2D eigenvalue weighted by molar-refractivity contribution is 5.08. The van der Waals surface area contributed by atoms with Gasteiger partial charge in [0.1, 0.15) is 6.26 Å². The molecule has 2 heterocycles. The molecular formula is C14H22N2O. The quantitative estimate of drug-likeness (QED) is 0.799. The van der Waals surface area contributed by atoms with E-state index in [0.717, 1.165) is 19.0 Å². The fourth-order valence-electron chi connectivity index (χ4n) is 3.12. The minimum atomic E-state index is 0.509. The molecule has 0 radical (unpaired) electrons. The standard InChI is InChI=1S/C14H22N2O/c1-2-4-6-11(5-3-1)13-10-17-14(16-13)12-7-8-15-9-12/h10-12,15H,1-9H2. The van der Waals surface area contributed by atoms with Gasteiger partial charge in [-0.25, -0.2) is 4.98 Å². The predicted octanol–water partition coefficient (Wildman–Crippen LogP) is 3.19. The van der Waals surface area contributed by atoms with Crippen molar-refractivity contribution in [1.82, 2.24) is 10.3 Å². The zero-order valence-corrected chi connectivity index (χ0v) is 10.5. The number of oxazole rings is 1. The summed E-state index contributed by atoms with van der Waals surface area (Å²) in [6.07, 6.45) is 11.2. The molecule has 1 aliphatic carbocycles. The molecule has 1 saturated heterocycles. The fraction of sp³-hybridized carbons (Fsp3) is 0.786. The molecule has 17 heavy (non-hydrogen) atoms. The van der Waals surface area contributed by atoms with E-state index in [-0.39, 0.29) is 0 Å². The Hall–Kier alpha value is -0.830. The van der Waals surface area contributed by atoms with Gasteiger partial charge >= 0.3 is 0 Å². The van der Waals surface area contributed by atoms with E-state index in [1.807, 2.05) is 6.26 Å². The zero-order valence-electron chi connectivity index (χ0n) is 10.5. The summed E-state index contributed by atoms with van der Waals surface area (Å²) in [5, 5.41) is 3.37. The maximum Gasteiger partial charge on any atom is 0.198 e. The lowest BCUT2D eigenvalue weighted by atomic mass is 9.97. The van der Waals surface area contributed by atoms with Crippen LogP contribution < -0.4 is 5.32 Å². The molecule has 0 aromatic carbocycles. The fourth-order valence-corrected chi connectivity index (χ4v) is 3.12. The second-order valence-corrected chi connectivity index (χ2v) is 5.49. The van der Waals surface area contributed by atoms with E-state index in [0.29, 0.717) is 11.8 Å². The molecule has 1 aromatic heterocycles. The Kier molecular flexibility index (Phi) is 3.46. The first kappa shape index (κ1) is 11.3. The lowest BCUT2D eigenvalue weighted by molar-refractivity contribution is 0.457. The number of hydrogen-bond acceptors (Lipinski definition) is 3. The molecule has 3 rings (SSSR count). The average molecular weight is 234 g/mol. The first-order valence-corrected chi connectivity index (χ1v) is 7.09. The first-order valence-electron chi connectivity index (χ1n) is 7.09. The maximum atomic E-state index is 5.69. The highest BCUT2D eigenvalue weighted by Crippen LogP contribution is 2.32. The van der Waals surface area contributed by atoms with Crippen LogP contribution in [-0.4, -0.2) is 18.1 Å². The van der Waals surface area contributed by atoms with Gasteiger partial charge in [-0.15, -0.1) is 0 Å². The molecule has 1 aromatic rings. The van der Waals surface area contributed by atoms with Crippen molar-refractivity contribution in [1.29, 1.82) is 0 Å². The highest BCUT2D eigenvalue weighted by atomic mass is 16.3. The van der Waals surface area contributed by atoms with Gasteiger partial charge in [-0.3, -0.25) is 0 Å². The van der Waals surface area contributed by atoms with Gasteiger partial charge in [0, 0.05) is 18.4 Å². The van der Waals surface area contributed by atoms with Crippen molar-refractivity contribution in [3.8, 4) is 0 Å². The third-order valence-electron chi connectivity index (χ3n) is 4.22. The van der Waals surface area contributed by atoms with E-state index in [4.69, 9.17) is 9.40 Å². The van der Waals surface area contributed by atoms with E-state index in [1.165, 1.54) is 50.6 Å². The normalized spacial score (nSPS) is 27.2. The van der Waals surface area contributed by atoms with Gasteiger partial charge in [-0.1, -0.05) is 25.7 Å². The maximum absolute atomic E-state index is 5.69. The van der Waals surface area contributed by atoms with Crippen LogP contribution in [0.25, 0.3) is 0 Å². The minimum absolute atomic E-state index is 0.509. The predicted molar refractivity (Wildman–Crippen MR) is 67.2 cm³/mol. The van der Waals surface area contributed by atoms with E-state index < -0.39 is 0 Å². The molecule has 1 aliphatic heterocycles. The van der Waals surface area contributed by atoms with Crippen molar-refractivity contribution in [2.45, 2.75) is 56.8 Å². The smallest absolute Gasteiger partial charge is 0.198 e. The van der Waals surface area contributed by atoms with Gasteiger partial charge < -0.3 is 9.73 Å². The molecule has 1 atom stereocenters. The summed E-state index contributed by atoms with van der Waals surface area (Å²) in [7, 11) is 0. The Morgan fingerprint density at radius 3 is 2.59 bits per heavy atom. The summed E-state index contributed by atoms with van der Waals surface area (Å²) in [6, 6.07) is 0. The average Bonchev–Trinajstić information content (AvgIpc) is 2.95. The minimum Gasteiger partial charge on any atom is -0.448 e. The molecular weight excluding hydrogens is 212 g/mol. The molecule has 94 valence electrons. The van der Waals surface area contributed by atoms with Crippen molar-refractivity contribution >= 4 is 0 Å². The third-order valence-corrected chi connectivity index (χ3v) is 4.22. The Balaban J connectivity index is 1.70. The summed E-state index contributed by atoms with van der Waals surface area (Å²) in [5.41, 5.74) is 1.22. The van der Waals surface area contributed by atoms with Gasteiger partial charge in [0.15, 0.2) is 5.89 Å². The Morgan fingerprint density at radius 1 is 1.06 bits per heavy atom. The van der Waals surface area contributed by atoms with Crippen molar-refractivity contribution in [3.05, 3.63) is 17.8 Å². The van der Waals surface area contributed by atoms with Crippen molar-refractivity contribution in [2.24, 2.45) is 0 Å². The molecule has 2 fully saturated rings. The second-order valence-electron chi connectivity index (χ2n) is 5.49. The van der Waals surface area contributed by atoms with E-state index in [2.05, 4.69) is 5.32 Å². The van der Waals surface area contributed by atoms with Gasteiger partial charge in [-0.2, -0.15) is 0 Å². The van der Waals surface area contributed by atoms with Crippen molar-refractivity contribution in [2.75, 3.05) is 13.1 Å². The van der Waals surface area contributed by atoms with Crippen LogP contribution in [-0.2, 0) is 0 Å². The number of rotatable bonds is 2. The molecule has 2 aliphatic rings. The molecule has 1 unspecified atom stereocenters. The molecule has 1 N–H and O–H groups in total. The summed E-state index contributed by atoms with van der Waals surface area (Å²) in [5.74, 6) is 2.13. The number of nitrogens with zero attached hydrogens (tertiary/aromatic N) is 1. The van der Waals surface area contributed by atoms with Crippen LogP contribution in [0.5, 0.6) is 0 Å². The molecule has 1 saturated carbocycles. The highest BCUT2D eigenvalue weighted by Gasteiger charge is 2.24. The Morgan fingerprint density at radius 2 is 1.88 bits per heavy atom. The Labute approximate surface area is 103 Å². The van der Waals surface area contributed by atoms with Crippen LogP contribution in [0, 0.1) is 0 Å². The third kappa shape index (κ3) is 2.54. The van der Waals surface area contributed by atoms with Crippen LogP contribution in [0.4, 0.5) is 0 Å². The van der Waals surface area contributed by atoms with Crippen molar-refractivity contribution in [3.63, 3.8) is 0 Å². The number of aromatic nitrogens is 1. The lowest BCUT2D eigenvalue weighted by Gasteiger charge is -2.09. The summed E-state index contributed by atoms with van der Waals surface area (Å²) >= 11 is 0. The SMILES string of the molecule is c1oc(C2CCNC2)nc1C1CCCCCC1. The number of nitrogens with one attached hydrogen (secondary N) is 1. The second kappa shape index (κ2) is 5.21. The molecule has 0 bridgehead atoms. The monoisotopic (exact) mass is 234 g/mol. The van der Waals surface area contributed by atoms with Crippen LogP contribution in [0.3, 0.4) is 0 Å². The largest absolute Gasteiger partial charge is 0.448 e. The van der Waals surface area contributed by atoms with Crippen LogP contribution in [0.15, 0.2) is 10.7 Å². The van der Waals surface area contributed by atoms with Gasteiger partial charge in [0.25, 0.3) is 0 Å². The van der Waals surface area contributed by atoms with Gasteiger partial charge in [0.05, 0.1) is 5.69 Å². The molecule has 3 heteroatoms. The van der Waals surface area contributed by atoms with Gasteiger partial charge in [0.2, 0.25) is 0 Å². The van der Waals surface area contributed by atoms with Crippen LogP contribution in [0.1, 0.15) is 68.4 Å². The summed E-state index contributed by atoms with van der Waals surface area (Å²) in [4.78, 5) is 4.75.